The first kappa shape index (κ1) is 12.3. The van der Waals surface area contributed by atoms with Crippen LogP contribution >= 0.6 is 0 Å². The van der Waals surface area contributed by atoms with E-state index in [0.717, 1.165) is 0 Å². The van der Waals surface area contributed by atoms with Gasteiger partial charge in [0.05, 0.1) is 5.69 Å². The molecular formula is C15H11FN2O2. The fourth-order valence-corrected chi connectivity index (χ4v) is 2.31. The summed E-state index contributed by atoms with van der Waals surface area (Å²) in [5, 5.41) is 9.22. The normalized spacial score (nSPS) is 10.9. The number of halogens is 1. The number of carboxylic acid groups (broad SMARTS) is 1. The van der Waals surface area contributed by atoms with Crippen LogP contribution < -0.4 is 0 Å². The number of nitrogens with zero attached hydrogens (tertiary/aromatic N) is 2. The molecule has 0 aliphatic carbocycles. The van der Waals surface area contributed by atoms with Crippen molar-refractivity contribution >= 4 is 11.6 Å². The zero-order valence-corrected chi connectivity index (χ0v) is 10.7. The topological polar surface area (TPSA) is 54.6 Å². The highest BCUT2D eigenvalue weighted by molar-refractivity contribution is 5.87. The lowest BCUT2D eigenvalue weighted by atomic mass is 10.1. The van der Waals surface area contributed by atoms with Gasteiger partial charge < -0.3 is 5.11 Å². The molecule has 5 heteroatoms. The molecule has 2 aromatic heterocycles. The fourth-order valence-electron chi connectivity index (χ4n) is 2.31. The molecule has 0 spiro atoms. The molecule has 0 radical (unpaired) electrons. The first-order chi connectivity index (χ1) is 9.59. The van der Waals surface area contributed by atoms with Gasteiger partial charge in [-0.25, -0.2) is 14.2 Å². The van der Waals surface area contributed by atoms with E-state index in [4.69, 9.17) is 0 Å². The number of fused-ring (bicyclic) bond motifs is 1. The maximum absolute atomic E-state index is 13.9. The molecule has 0 unspecified atom stereocenters. The third-order valence-electron chi connectivity index (χ3n) is 3.22. The minimum atomic E-state index is -1.05. The van der Waals surface area contributed by atoms with Crippen LogP contribution in [0.3, 0.4) is 0 Å². The molecule has 0 aliphatic heterocycles. The van der Waals surface area contributed by atoms with Crippen LogP contribution in [0.25, 0.3) is 16.9 Å². The van der Waals surface area contributed by atoms with Gasteiger partial charge >= 0.3 is 5.97 Å². The summed E-state index contributed by atoms with van der Waals surface area (Å²) < 4.78 is 15.4. The van der Waals surface area contributed by atoms with Crippen molar-refractivity contribution in [2.24, 2.45) is 0 Å². The maximum atomic E-state index is 13.9. The Morgan fingerprint density at radius 1 is 1.20 bits per heavy atom. The first-order valence-electron chi connectivity index (χ1n) is 6.06. The van der Waals surface area contributed by atoms with Gasteiger partial charge in [-0.3, -0.25) is 4.40 Å². The highest BCUT2D eigenvalue weighted by atomic mass is 19.1. The van der Waals surface area contributed by atoms with E-state index in [1.807, 2.05) is 0 Å². The zero-order valence-electron chi connectivity index (χ0n) is 10.7. The van der Waals surface area contributed by atoms with Gasteiger partial charge in [0.15, 0.2) is 0 Å². The molecule has 1 aromatic carbocycles. The van der Waals surface area contributed by atoms with E-state index in [1.54, 1.807) is 37.3 Å². The highest BCUT2D eigenvalue weighted by Crippen LogP contribution is 2.27. The van der Waals surface area contributed by atoms with Gasteiger partial charge in [0.1, 0.15) is 17.2 Å². The van der Waals surface area contributed by atoms with Crippen molar-refractivity contribution in [1.29, 1.82) is 0 Å². The summed E-state index contributed by atoms with van der Waals surface area (Å²) in [6, 6.07) is 11.1. The molecule has 1 N–H and O–H groups in total. The number of aromatic nitrogens is 2. The number of hydrogen-bond donors (Lipinski definition) is 1. The number of aryl methyl sites for hydroxylation is 1. The number of pyridine rings is 1. The van der Waals surface area contributed by atoms with Crippen LogP contribution in [0.4, 0.5) is 4.39 Å². The molecule has 0 aliphatic rings. The van der Waals surface area contributed by atoms with Crippen LogP contribution in [0.1, 0.15) is 16.2 Å². The quantitative estimate of drug-likeness (QED) is 0.778. The molecule has 0 saturated carbocycles. The minimum Gasteiger partial charge on any atom is -0.477 e. The predicted octanol–water partition coefficient (Wildman–Crippen LogP) is 3.15. The molecule has 0 atom stereocenters. The summed E-state index contributed by atoms with van der Waals surface area (Å²) in [5.41, 5.74) is 2.01. The minimum absolute atomic E-state index is 0.107. The number of imidazole rings is 1. The number of carbonyl (C=O) groups is 1. The van der Waals surface area contributed by atoms with Gasteiger partial charge in [0, 0.05) is 11.3 Å². The molecule has 100 valence electrons. The average molecular weight is 270 g/mol. The van der Waals surface area contributed by atoms with Crippen LogP contribution in [0.5, 0.6) is 0 Å². The maximum Gasteiger partial charge on any atom is 0.352 e. The van der Waals surface area contributed by atoms with Crippen molar-refractivity contribution in [3.63, 3.8) is 0 Å². The van der Waals surface area contributed by atoms with Gasteiger partial charge in [-0.15, -0.1) is 0 Å². The summed E-state index contributed by atoms with van der Waals surface area (Å²) in [5.74, 6) is -1.42. The SMILES string of the molecule is Cc1c(-c2ccccc2F)nc2cccc(C(=O)O)n12. The van der Waals surface area contributed by atoms with E-state index >= 15 is 0 Å². The van der Waals surface area contributed by atoms with Gasteiger partial charge in [-0.05, 0) is 31.2 Å². The van der Waals surface area contributed by atoms with E-state index in [0.29, 0.717) is 22.6 Å². The van der Waals surface area contributed by atoms with Crippen molar-refractivity contribution in [2.75, 3.05) is 0 Å². The average Bonchev–Trinajstić information content (AvgIpc) is 2.76. The van der Waals surface area contributed by atoms with E-state index < -0.39 is 5.97 Å². The van der Waals surface area contributed by atoms with E-state index in [2.05, 4.69) is 4.98 Å². The Bertz CT molecular complexity index is 824. The van der Waals surface area contributed by atoms with Gasteiger partial charge in [0.25, 0.3) is 0 Å². The van der Waals surface area contributed by atoms with Crippen molar-refractivity contribution in [3.05, 3.63) is 59.7 Å². The predicted molar refractivity (Wildman–Crippen MR) is 72.3 cm³/mol. The Kier molecular flexibility index (Phi) is 2.75. The van der Waals surface area contributed by atoms with Crippen LogP contribution in [0, 0.1) is 12.7 Å². The molecule has 20 heavy (non-hydrogen) atoms. The lowest BCUT2D eigenvalue weighted by Crippen LogP contribution is -2.05. The lowest BCUT2D eigenvalue weighted by Gasteiger charge is -2.03. The summed E-state index contributed by atoms with van der Waals surface area (Å²) in [6.07, 6.45) is 0. The number of hydrogen-bond acceptors (Lipinski definition) is 2. The van der Waals surface area contributed by atoms with E-state index in [9.17, 15) is 14.3 Å². The van der Waals surface area contributed by atoms with Crippen molar-refractivity contribution in [2.45, 2.75) is 6.92 Å². The Hall–Kier alpha value is -2.69. The molecule has 0 fully saturated rings. The van der Waals surface area contributed by atoms with Crippen LogP contribution in [0.2, 0.25) is 0 Å². The van der Waals surface area contributed by atoms with E-state index in [1.165, 1.54) is 16.5 Å². The largest absolute Gasteiger partial charge is 0.477 e. The fraction of sp³-hybridized carbons (Fsp3) is 0.0667. The molecule has 3 aromatic rings. The lowest BCUT2D eigenvalue weighted by molar-refractivity contribution is 0.0688. The smallest absolute Gasteiger partial charge is 0.352 e. The van der Waals surface area contributed by atoms with Crippen molar-refractivity contribution in [1.82, 2.24) is 9.38 Å². The number of carboxylic acids is 1. The molecular weight excluding hydrogens is 259 g/mol. The summed E-state index contributed by atoms with van der Waals surface area (Å²) in [4.78, 5) is 15.6. The highest BCUT2D eigenvalue weighted by Gasteiger charge is 2.17. The zero-order chi connectivity index (χ0) is 14.3. The standard InChI is InChI=1S/C15H11FN2O2/c1-9-14(10-5-2-3-6-11(10)16)17-13-8-4-7-12(15(19)20)18(9)13/h2-8H,1H3,(H,19,20). The summed E-state index contributed by atoms with van der Waals surface area (Å²) in [6.45, 7) is 1.73. The van der Waals surface area contributed by atoms with Crippen LogP contribution in [0.15, 0.2) is 42.5 Å². The summed E-state index contributed by atoms with van der Waals surface area (Å²) in [7, 11) is 0. The Labute approximate surface area is 114 Å². The second kappa shape index (κ2) is 4.45. The van der Waals surface area contributed by atoms with Crippen molar-refractivity contribution in [3.8, 4) is 11.3 Å². The van der Waals surface area contributed by atoms with Gasteiger partial charge in [-0.1, -0.05) is 18.2 Å². The third-order valence-corrected chi connectivity index (χ3v) is 3.22. The molecule has 0 saturated heterocycles. The molecule has 0 bridgehead atoms. The van der Waals surface area contributed by atoms with Crippen molar-refractivity contribution < 1.29 is 14.3 Å². The third kappa shape index (κ3) is 1.75. The van der Waals surface area contributed by atoms with Gasteiger partial charge in [-0.2, -0.15) is 0 Å². The monoisotopic (exact) mass is 270 g/mol. The molecule has 3 rings (SSSR count). The Morgan fingerprint density at radius 2 is 1.95 bits per heavy atom. The molecule has 0 amide bonds. The number of aromatic carboxylic acids is 1. The molecule has 4 nitrogen and oxygen atoms in total. The second-order valence-electron chi connectivity index (χ2n) is 4.44. The number of rotatable bonds is 2. The Morgan fingerprint density at radius 3 is 2.65 bits per heavy atom. The summed E-state index contributed by atoms with van der Waals surface area (Å²) >= 11 is 0. The number of benzene rings is 1. The Balaban J connectivity index is 2.35. The van der Waals surface area contributed by atoms with Crippen LogP contribution in [-0.2, 0) is 0 Å². The second-order valence-corrected chi connectivity index (χ2v) is 4.44. The molecule has 2 heterocycles. The van der Waals surface area contributed by atoms with Crippen LogP contribution in [-0.4, -0.2) is 20.5 Å². The van der Waals surface area contributed by atoms with Gasteiger partial charge in [0.2, 0.25) is 0 Å². The first-order valence-corrected chi connectivity index (χ1v) is 6.06. The van der Waals surface area contributed by atoms with E-state index in [-0.39, 0.29) is 11.5 Å².